The quantitative estimate of drug-likeness (QED) is 0.0212. The summed E-state index contributed by atoms with van der Waals surface area (Å²) in [4.78, 5) is 39.9. The van der Waals surface area contributed by atoms with Crippen molar-refractivity contribution in [1.82, 2.24) is 5.32 Å². The number of esters is 1. The minimum atomic E-state index is -4.72. The molecule has 0 aliphatic carbocycles. The number of rotatable bonds is 52. The number of amides is 1. The molecule has 0 heterocycles. The largest absolute Gasteiger partial charge is 0.756 e. The van der Waals surface area contributed by atoms with Crippen LogP contribution in [0.4, 0.5) is 0 Å². The Bertz CT molecular complexity index is 1570. The highest BCUT2D eigenvalue weighted by Gasteiger charge is 2.27. The van der Waals surface area contributed by atoms with Gasteiger partial charge in [-0.1, -0.05) is 221 Å². The number of ether oxygens (including phenoxy) is 1. The second-order valence-electron chi connectivity index (χ2n) is 20.8. The summed E-state index contributed by atoms with van der Waals surface area (Å²) >= 11 is 0. The van der Waals surface area contributed by atoms with Crippen LogP contribution in [0.5, 0.6) is 0 Å². The van der Waals surface area contributed by atoms with Crippen LogP contribution in [-0.2, 0) is 27.9 Å². The van der Waals surface area contributed by atoms with E-state index in [1.54, 1.807) is 0 Å². The van der Waals surface area contributed by atoms with E-state index < -0.39 is 26.6 Å². The maximum absolute atomic E-state index is 13.5. The van der Waals surface area contributed by atoms with Crippen LogP contribution in [0.25, 0.3) is 0 Å². The van der Waals surface area contributed by atoms with Gasteiger partial charge in [0.15, 0.2) is 0 Å². The summed E-state index contributed by atoms with van der Waals surface area (Å²) in [6, 6.07) is -0.924. The van der Waals surface area contributed by atoms with E-state index in [9.17, 15) is 19.0 Å². The van der Waals surface area contributed by atoms with Gasteiger partial charge in [0.05, 0.1) is 33.8 Å². The SMILES string of the molecule is CC/C=C\C/C=C\C/C=C\C/C=C\C/C=C\CCCC(=O)NC(COP(=O)([O-])OCC[N+](C)(C)C)C(/C=C/CCCCCCCCCCC)OC(=O)CCCCCCCCCCC/C=C\C/C=C\CCCCC. The molecule has 3 unspecified atom stereocenters. The first-order chi connectivity index (χ1) is 35.4. The summed E-state index contributed by atoms with van der Waals surface area (Å²) in [6.07, 6.45) is 69.5. The van der Waals surface area contributed by atoms with Crippen molar-refractivity contribution in [2.45, 2.75) is 251 Å². The van der Waals surface area contributed by atoms with E-state index in [2.05, 4.69) is 111 Å². The van der Waals surface area contributed by atoms with Crippen LogP contribution in [0.1, 0.15) is 239 Å². The van der Waals surface area contributed by atoms with Crippen molar-refractivity contribution in [3.63, 3.8) is 0 Å². The van der Waals surface area contributed by atoms with E-state index in [1.165, 1.54) is 103 Å². The number of allylic oxidation sites excluding steroid dienone is 15. The zero-order valence-corrected chi connectivity index (χ0v) is 48.7. The van der Waals surface area contributed by atoms with Crippen LogP contribution in [-0.4, -0.2) is 69.4 Å². The van der Waals surface area contributed by atoms with Crippen molar-refractivity contribution in [3.05, 3.63) is 97.2 Å². The fraction of sp³-hybridized carbons (Fsp3) is 0.714. The molecule has 10 heteroatoms. The van der Waals surface area contributed by atoms with Crippen LogP contribution in [0.3, 0.4) is 0 Å². The fourth-order valence-corrected chi connectivity index (χ4v) is 8.66. The number of carbonyl (C=O) groups excluding carboxylic acids is 2. The van der Waals surface area contributed by atoms with E-state index in [0.29, 0.717) is 23.9 Å². The zero-order chi connectivity index (χ0) is 53.6. The summed E-state index contributed by atoms with van der Waals surface area (Å²) in [5, 5.41) is 2.98. The number of quaternary nitrogens is 1. The Morgan fingerprint density at radius 1 is 0.493 bits per heavy atom. The predicted molar refractivity (Wildman–Crippen MR) is 311 cm³/mol. The maximum Gasteiger partial charge on any atom is 0.306 e. The number of likely N-dealkylation sites (N-methyl/N-ethyl adjacent to an activating group) is 1. The predicted octanol–water partition coefficient (Wildman–Crippen LogP) is 17.4. The molecule has 0 radical (unpaired) electrons. The highest BCUT2D eigenvalue weighted by molar-refractivity contribution is 7.45. The second kappa shape index (κ2) is 52.4. The summed E-state index contributed by atoms with van der Waals surface area (Å²) in [5.74, 6) is -0.619. The number of carbonyl (C=O) groups is 2. The number of phosphoric ester groups is 1. The lowest BCUT2D eigenvalue weighted by Gasteiger charge is -2.30. The molecule has 0 aromatic heterocycles. The van der Waals surface area contributed by atoms with E-state index in [0.717, 1.165) is 89.9 Å². The zero-order valence-electron chi connectivity index (χ0n) is 47.8. The first-order valence-electron chi connectivity index (χ1n) is 29.5. The molecule has 0 bridgehead atoms. The van der Waals surface area contributed by atoms with Crippen molar-refractivity contribution in [1.29, 1.82) is 0 Å². The third kappa shape index (κ3) is 53.6. The van der Waals surface area contributed by atoms with Gasteiger partial charge < -0.3 is 28.5 Å². The highest BCUT2D eigenvalue weighted by atomic mass is 31.2. The lowest BCUT2D eigenvalue weighted by atomic mass is 10.1. The first kappa shape index (κ1) is 69.9. The average Bonchev–Trinajstić information content (AvgIpc) is 3.35. The highest BCUT2D eigenvalue weighted by Crippen LogP contribution is 2.38. The molecule has 0 aliphatic heterocycles. The lowest BCUT2D eigenvalue weighted by molar-refractivity contribution is -0.870. The van der Waals surface area contributed by atoms with Crippen LogP contribution < -0.4 is 10.2 Å². The molecule has 0 fully saturated rings. The Kier molecular flexibility index (Phi) is 50.2. The molecule has 73 heavy (non-hydrogen) atoms. The molecule has 3 atom stereocenters. The van der Waals surface area contributed by atoms with Crippen molar-refractivity contribution in [2.24, 2.45) is 0 Å². The van der Waals surface area contributed by atoms with Gasteiger partial charge in [0.25, 0.3) is 7.82 Å². The summed E-state index contributed by atoms with van der Waals surface area (Å²) in [5.41, 5.74) is 0. The van der Waals surface area contributed by atoms with E-state index in [-0.39, 0.29) is 31.3 Å². The average molecular weight is 1040 g/mol. The molecule has 0 aromatic rings. The molecule has 0 aromatic carbocycles. The molecule has 0 saturated carbocycles. The summed E-state index contributed by atoms with van der Waals surface area (Å²) < 4.78 is 30.2. The van der Waals surface area contributed by atoms with E-state index in [1.807, 2.05) is 33.3 Å². The van der Waals surface area contributed by atoms with Gasteiger partial charge in [-0.15, -0.1) is 0 Å². The first-order valence-corrected chi connectivity index (χ1v) is 31.0. The fourth-order valence-electron chi connectivity index (χ4n) is 7.94. The van der Waals surface area contributed by atoms with Gasteiger partial charge in [0.1, 0.15) is 19.3 Å². The molecule has 0 saturated heterocycles. The lowest BCUT2D eigenvalue weighted by Crippen LogP contribution is -2.47. The van der Waals surface area contributed by atoms with Gasteiger partial charge >= 0.3 is 5.97 Å². The molecule has 9 nitrogen and oxygen atoms in total. The number of phosphoric acid groups is 1. The molecule has 1 N–H and O–H groups in total. The van der Waals surface area contributed by atoms with Gasteiger partial charge in [0.2, 0.25) is 5.91 Å². The third-order valence-electron chi connectivity index (χ3n) is 12.5. The Balaban J connectivity index is 5.37. The topological polar surface area (TPSA) is 114 Å². The third-order valence-corrected chi connectivity index (χ3v) is 13.5. The molecular formula is C63H111N2O7P. The van der Waals surface area contributed by atoms with Crippen molar-refractivity contribution in [3.8, 4) is 0 Å². The number of nitrogens with one attached hydrogen (secondary N) is 1. The van der Waals surface area contributed by atoms with Crippen LogP contribution in [0.15, 0.2) is 97.2 Å². The molecule has 0 spiro atoms. The summed E-state index contributed by atoms with van der Waals surface area (Å²) in [6.45, 7) is 6.64. The Labute approximate surface area is 449 Å². The smallest absolute Gasteiger partial charge is 0.306 e. The number of unbranched alkanes of at least 4 members (excludes halogenated alkanes) is 22. The number of nitrogens with zero attached hydrogens (tertiary/aromatic N) is 1. The van der Waals surface area contributed by atoms with Gasteiger partial charge in [-0.2, -0.15) is 0 Å². The van der Waals surface area contributed by atoms with Gasteiger partial charge in [0, 0.05) is 12.8 Å². The second-order valence-corrected chi connectivity index (χ2v) is 22.2. The van der Waals surface area contributed by atoms with Crippen molar-refractivity contribution in [2.75, 3.05) is 40.9 Å². The molecule has 1 amide bonds. The minimum absolute atomic E-state index is 0.0380. The molecular weight excluding hydrogens is 928 g/mol. The standard InChI is InChI=1S/C63H111N2O7P/c1-7-10-13-16-19-22-25-27-29-31-32-34-36-38-41-44-47-50-53-56-63(67)72-61(54-51-48-45-42-39-24-21-18-15-12-9-3)60(59-71-73(68,69)70-58-57-65(4,5)6)64-62(66)55-52-49-46-43-40-37-35-33-30-28-26-23-20-17-14-11-8-2/h11,14,19-20,22-23,27-30,35,37,43,46,51,54,60-61H,7-10,12-13,15-18,21,24-26,31-34,36,38-42,44-45,47-50,52-53,55-59H2,1-6H3,(H-,64,66,68,69)/b14-11-,22-19-,23-20-,29-27-,30-28-,37-35-,46-43-,54-51+. The molecule has 420 valence electrons. The van der Waals surface area contributed by atoms with Crippen molar-refractivity contribution < 1.29 is 37.3 Å². The van der Waals surface area contributed by atoms with E-state index >= 15 is 0 Å². The molecule has 0 aliphatic rings. The van der Waals surface area contributed by atoms with Crippen molar-refractivity contribution >= 4 is 19.7 Å². The van der Waals surface area contributed by atoms with Gasteiger partial charge in [-0.25, -0.2) is 0 Å². The van der Waals surface area contributed by atoms with Gasteiger partial charge in [-0.3, -0.25) is 14.2 Å². The van der Waals surface area contributed by atoms with Crippen LogP contribution in [0, 0.1) is 0 Å². The van der Waals surface area contributed by atoms with Gasteiger partial charge in [-0.05, 0) is 102 Å². The Morgan fingerprint density at radius 2 is 0.890 bits per heavy atom. The number of hydrogen-bond donors (Lipinski definition) is 1. The maximum atomic E-state index is 13.5. The Hall–Kier alpha value is -3.07. The molecule has 0 rings (SSSR count). The monoisotopic (exact) mass is 1040 g/mol. The Morgan fingerprint density at radius 3 is 1.37 bits per heavy atom. The number of hydrogen-bond acceptors (Lipinski definition) is 7. The van der Waals surface area contributed by atoms with Crippen LogP contribution in [0.2, 0.25) is 0 Å². The summed E-state index contributed by atoms with van der Waals surface area (Å²) in [7, 11) is 1.13. The van der Waals surface area contributed by atoms with E-state index in [4.69, 9.17) is 13.8 Å². The van der Waals surface area contributed by atoms with Crippen LogP contribution >= 0.6 is 7.82 Å². The minimum Gasteiger partial charge on any atom is -0.756 e. The normalized spacial score (nSPS) is 14.5.